The minimum atomic E-state index is 0.196. The Balaban J connectivity index is 1.53. The van der Waals surface area contributed by atoms with Crippen molar-refractivity contribution < 1.29 is 9.32 Å². The van der Waals surface area contributed by atoms with Crippen LogP contribution < -0.4 is 0 Å². The molecule has 0 radical (unpaired) electrons. The van der Waals surface area contributed by atoms with Crippen molar-refractivity contribution in [3.63, 3.8) is 0 Å². The molecule has 0 N–H and O–H groups in total. The highest BCUT2D eigenvalue weighted by atomic mass is 16.5. The molecule has 2 aliphatic rings. The van der Waals surface area contributed by atoms with Crippen LogP contribution in [0, 0.1) is 5.92 Å². The lowest BCUT2D eigenvalue weighted by molar-refractivity contribution is -0.130. The zero-order valence-corrected chi connectivity index (χ0v) is 12.9. The van der Waals surface area contributed by atoms with Crippen LogP contribution in [-0.2, 0) is 11.3 Å². The van der Waals surface area contributed by atoms with Crippen LogP contribution in [0.5, 0.6) is 0 Å². The fourth-order valence-electron chi connectivity index (χ4n) is 3.57. The van der Waals surface area contributed by atoms with Crippen molar-refractivity contribution in [1.82, 2.24) is 19.9 Å². The van der Waals surface area contributed by atoms with Gasteiger partial charge in [-0.1, -0.05) is 12.1 Å². The number of likely N-dealkylation sites (tertiary alicyclic amines) is 1. The Morgan fingerprint density at radius 1 is 1.33 bits per heavy atom. The summed E-state index contributed by atoms with van der Waals surface area (Å²) in [5.41, 5.74) is 1.00. The van der Waals surface area contributed by atoms with Crippen molar-refractivity contribution in [2.24, 2.45) is 5.92 Å². The van der Waals surface area contributed by atoms with Crippen LogP contribution in [0.4, 0.5) is 0 Å². The summed E-state index contributed by atoms with van der Waals surface area (Å²) in [6, 6.07) is 2.52. The standard InChI is InChI=1S/C15H24N4O2/c1-12-9-17(10-14-3-8-21-16-14)11-15(12)19-6-4-18(5-7-19)13(2)20/h3,8,12,15H,4-7,9-11H2,1-2H3/t12-,15-/m1/s1. The van der Waals surface area contributed by atoms with Crippen LogP contribution in [0.15, 0.2) is 16.9 Å². The largest absolute Gasteiger partial charge is 0.364 e. The summed E-state index contributed by atoms with van der Waals surface area (Å²) < 4.78 is 4.90. The first kappa shape index (κ1) is 14.5. The van der Waals surface area contributed by atoms with Gasteiger partial charge in [-0.3, -0.25) is 14.6 Å². The summed E-state index contributed by atoms with van der Waals surface area (Å²) in [4.78, 5) is 18.3. The molecule has 2 fully saturated rings. The SMILES string of the molecule is CC(=O)N1CCN([C@@H]2CN(Cc3ccon3)C[C@H]2C)CC1. The number of carbonyl (C=O) groups excluding carboxylic acids is 1. The molecule has 2 atom stereocenters. The van der Waals surface area contributed by atoms with E-state index in [1.165, 1.54) is 0 Å². The Hall–Kier alpha value is -1.40. The van der Waals surface area contributed by atoms with Gasteiger partial charge in [0, 0.05) is 64.8 Å². The molecule has 0 bridgehead atoms. The van der Waals surface area contributed by atoms with Crippen LogP contribution >= 0.6 is 0 Å². The van der Waals surface area contributed by atoms with Gasteiger partial charge >= 0.3 is 0 Å². The Kier molecular flexibility index (Phi) is 4.26. The van der Waals surface area contributed by atoms with E-state index in [-0.39, 0.29) is 5.91 Å². The van der Waals surface area contributed by atoms with Crippen molar-refractivity contribution >= 4 is 5.91 Å². The number of rotatable bonds is 3. The number of piperazine rings is 1. The van der Waals surface area contributed by atoms with Crippen molar-refractivity contribution in [2.45, 2.75) is 26.4 Å². The molecule has 6 nitrogen and oxygen atoms in total. The molecule has 0 saturated carbocycles. The van der Waals surface area contributed by atoms with Gasteiger partial charge < -0.3 is 9.42 Å². The second-order valence-corrected chi connectivity index (χ2v) is 6.27. The molecule has 21 heavy (non-hydrogen) atoms. The molecule has 0 unspecified atom stereocenters. The average Bonchev–Trinajstić information content (AvgIpc) is 3.09. The number of carbonyl (C=O) groups is 1. The van der Waals surface area contributed by atoms with E-state index in [2.05, 4.69) is 21.9 Å². The van der Waals surface area contributed by atoms with E-state index in [0.717, 1.165) is 51.5 Å². The predicted octanol–water partition coefficient (Wildman–Crippen LogP) is 0.659. The van der Waals surface area contributed by atoms with Crippen molar-refractivity contribution in [2.75, 3.05) is 39.3 Å². The molecule has 116 valence electrons. The molecular formula is C15H24N4O2. The normalized spacial score (nSPS) is 28.2. The summed E-state index contributed by atoms with van der Waals surface area (Å²) in [5, 5.41) is 4.00. The molecule has 0 aromatic carbocycles. The van der Waals surface area contributed by atoms with Crippen LogP contribution in [-0.4, -0.2) is 71.1 Å². The minimum absolute atomic E-state index is 0.196. The number of hydrogen-bond donors (Lipinski definition) is 0. The highest BCUT2D eigenvalue weighted by molar-refractivity contribution is 5.73. The summed E-state index contributed by atoms with van der Waals surface area (Å²) in [7, 11) is 0. The van der Waals surface area contributed by atoms with Gasteiger partial charge in [0.05, 0.1) is 5.69 Å². The quantitative estimate of drug-likeness (QED) is 0.819. The maximum Gasteiger partial charge on any atom is 0.219 e. The van der Waals surface area contributed by atoms with E-state index >= 15 is 0 Å². The molecule has 6 heteroatoms. The number of aromatic nitrogens is 1. The third-order valence-corrected chi connectivity index (χ3v) is 4.75. The minimum Gasteiger partial charge on any atom is -0.364 e. The van der Waals surface area contributed by atoms with Gasteiger partial charge in [-0.15, -0.1) is 0 Å². The van der Waals surface area contributed by atoms with Crippen molar-refractivity contribution in [1.29, 1.82) is 0 Å². The van der Waals surface area contributed by atoms with Gasteiger partial charge in [0.2, 0.25) is 5.91 Å². The molecule has 2 saturated heterocycles. The van der Waals surface area contributed by atoms with E-state index in [1.807, 2.05) is 11.0 Å². The molecule has 1 amide bonds. The fraction of sp³-hybridized carbons (Fsp3) is 0.733. The maximum absolute atomic E-state index is 11.4. The topological polar surface area (TPSA) is 52.8 Å². The third-order valence-electron chi connectivity index (χ3n) is 4.75. The van der Waals surface area contributed by atoms with Crippen LogP contribution in [0.2, 0.25) is 0 Å². The van der Waals surface area contributed by atoms with E-state index in [4.69, 9.17) is 4.52 Å². The molecule has 2 aliphatic heterocycles. The fourth-order valence-corrected chi connectivity index (χ4v) is 3.57. The molecule has 1 aromatic heterocycles. The zero-order valence-electron chi connectivity index (χ0n) is 12.9. The number of hydrogen-bond acceptors (Lipinski definition) is 5. The van der Waals surface area contributed by atoms with Crippen LogP contribution in [0.25, 0.3) is 0 Å². The maximum atomic E-state index is 11.4. The third kappa shape index (κ3) is 3.27. The van der Waals surface area contributed by atoms with Crippen LogP contribution in [0.1, 0.15) is 19.5 Å². The Bertz CT molecular complexity index is 468. The monoisotopic (exact) mass is 292 g/mol. The van der Waals surface area contributed by atoms with E-state index in [0.29, 0.717) is 12.0 Å². The first-order valence-electron chi connectivity index (χ1n) is 7.74. The average molecular weight is 292 g/mol. The summed E-state index contributed by atoms with van der Waals surface area (Å²) in [6.07, 6.45) is 1.63. The molecule has 3 rings (SSSR count). The Morgan fingerprint density at radius 2 is 2.10 bits per heavy atom. The van der Waals surface area contributed by atoms with Gasteiger partial charge in [0.25, 0.3) is 0 Å². The second kappa shape index (κ2) is 6.15. The molecule has 1 aromatic rings. The number of nitrogens with zero attached hydrogens (tertiary/aromatic N) is 4. The molecule has 0 aliphatic carbocycles. The smallest absolute Gasteiger partial charge is 0.219 e. The lowest BCUT2D eigenvalue weighted by Gasteiger charge is -2.39. The van der Waals surface area contributed by atoms with Gasteiger partial charge in [-0.2, -0.15) is 0 Å². The van der Waals surface area contributed by atoms with Crippen molar-refractivity contribution in [3.8, 4) is 0 Å². The lowest BCUT2D eigenvalue weighted by Crippen LogP contribution is -2.53. The summed E-state index contributed by atoms with van der Waals surface area (Å²) in [5.74, 6) is 0.850. The van der Waals surface area contributed by atoms with Crippen molar-refractivity contribution in [3.05, 3.63) is 18.0 Å². The van der Waals surface area contributed by atoms with Gasteiger partial charge in [0.1, 0.15) is 6.26 Å². The Labute approximate surface area is 125 Å². The summed E-state index contributed by atoms with van der Waals surface area (Å²) >= 11 is 0. The highest BCUT2D eigenvalue weighted by Gasteiger charge is 2.35. The van der Waals surface area contributed by atoms with E-state index < -0.39 is 0 Å². The lowest BCUT2D eigenvalue weighted by atomic mass is 10.0. The highest BCUT2D eigenvalue weighted by Crippen LogP contribution is 2.24. The first-order chi connectivity index (χ1) is 10.1. The van der Waals surface area contributed by atoms with E-state index in [9.17, 15) is 4.79 Å². The Morgan fingerprint density at radius 3 is 2.71 bits per heavy atom. The van der Waals surface area contributed by atoms with Crippen LogP contribution in [0.3, 0.4) is 0 Å². The number of amides is 1. The molecule has 3 heterocycles. The molecular weight excluding hydrogens is 268 g/mol. The summed E-state index contributed by atoms with van der Waals surface area (Å²) in [6.45, 7) is 10.7. The van der Waals surface area contributed by atoms with E-state index in [1.54, 1.807) is 13.2 Å². The van der Waals surface area contributed by atoms with Gasteiger partial charge in [-0.25, -0.2) is 0 Å². The first-order valence-corrected chi connectivity index (χ1v) is 7.74. The molecule has 0 spiro atoms. The second-order valence-electron chi connectivity index (χ2n) is 6.27. The van der Waals surface area contributed by atoms with Gasteiger partial charge in [0.15, 0.2) is 0 Å². The predicted molar refractivity (Wildman–Crippen MR) is 78.6 cm³/mol. The van der Waals surface area contributed by atoms with Gasteiger partial charge in [-0.05, 0) is 5.92 Å². The zero-order chi connectivity index (χ0) is 14.8.